The van der Waals surface area contributed by atoms with Crippen molar-refractivity contribution in [3.63, 3.8) is 0 Å². The smallest absolute Gasteiger partial charge is 0.267 e. The summed E-state index contributed by atoms with van der Waals surface area (Å²) in [5.41, 5.74) is 1.65. The molecule has 0 atom stereocenters. The largest absolute Gasteiger partial charge is 0.497 e. The average molecular weight is 458 g/mol. The highest BCUT2D eigenvalue weighted by Crippen LogP contribution is 2.28. The van der Waals surface area contributed by atoms with Crippen molar-refractivity contribution in [2.45, 2.75) is 4.90 Å². The Bertz CT molecular complexity index is 1140. The fourth-order valence-electron chi connectivity index (χ4n) is 3.49. The van der Waals surface area contributed by atoms with E-state index in [-0.39, 0.29) is 9.77 Å². The van der Waals surface area contributed by atoms with Crippen molar-refractivity contribution in [3.8, 4) is 5.75 Å². The number of nitrogens with zero attached hydrogens (tertiary/aromatic N) is 2. The van der Waals surface area contributed by atoms with Crippen LogP contribution in [0.15, 0.2) is 70.9 Å². The maximum absolute atomic E-state index is 13.3. The first-order valence-corrected chi connectivity index (χ1v) is 12.1. The van der Waals surface area contributed by atoms with Crippen LogP contribution < -0.4 is 15.0 Å². The van der Waals surface area contributed by atoms with Gasteiger partial charge in [0.2, 0.25) is 10.0 Å². The van der Waals surface area contributed by atoms with Crippen molar-refractivity contribution in [1.29, 1.82) is 0 Å². The van der Waals surface area contributed by atoms with Crippen LogP contribution in [0.5, 0.6) is 5.75 Å². The quantitative estimate of drug-likeness (QED) is 0.613. The zero-order valence-electron chi connectivity index (χ0n) is 17.0. The minimum atomic E-state index is -3.77. The summed E-state index contributed by atoms with van der Waals surface area (Å²) in [6.45, 7) is 1.84. The van der Waals surface area contributed by atoms with Gasteiger partial charge in [-0.15, -0.1) is 11.3 Å². The number of nitrogens with one attached hydrogen (secondary N) is 1. The third-order valence-electron chi connectivity index (χ3n) is 5.16. The van der Waals surface area contributed by atoms with Gasteiger partial charge < -0.3 is 15.0 Å². The molecular weight excluding hydrogens is 434 g/mol. The number of sulfonamides is 1. The van der Waals surface area contributed by atoms with Gasteiger partial charge in [0.1, 0.15) is 15.5 Å². The van der Waals surface area contributed by atoms with Gasteiger partial charge in [0, 0.05) is 37.6 Å². The summed E-state index contributed by atoms with van der Waals surface area (Å²) < 4.78 is 33.2. The number of benzene rings is 2. The molecule has 7 nitrogen and oxygen atoms in total. The number of hydrogen-bond acceptors (Lipinski definition) is 6. The van der Waals surface area contributed by atoms with Crippen molar-refractivity contribution < 1.29 is 17.9 Å². The van der Waals surface area contributed by atoms with Gasteiger partial charge in [-0.25, -0.2) is 8.42 Å². The number of para-hydroxylation sites is 1. The highest BCUT2D eigenvalue weighted by atomic mass is 32.2. The molecule has 31 heavy (non-hydrogen) atoms. The number of carbonyl (C=O) groups is 1. The van der Waals surface area contributed by atoms with E-state index in [0.29, 0.717) is 31.9 Å². The second-order valence-electron chi connectivity index (χ2n) is 7.02. The zero-order valence-corrected chi connectivity index (χ0v) is 18.7. The minimum Gasteiger partial charge on any atom is -0.497 e. The number of thiophene rings is 1. The Labute approximate surface area is 185 Å². The first-order chi connectivity index (χ1) is 15.0. The van der Waals surface area contributed by atoms with Crippen molar-refractivity contribution in [2.75, 3.05) is 43.5 Å². The lowest BCUT2D eigenvalue weighted by atomic mass is 10.2. The van der Waals surface area contributed by atoms with E-state index in [1.54, 1.807) is 24.6 Å². The summed E-state index contributed by atoms with van der Waals surface area (Å²) in [6.07, 6.45) is 0. The van der Waals surface area contributed by atoms with Gasteiger partial charge in [-0.3, -0.25) is 4.79 Å². The van der Waals surface area contributed by atoms with Gasteiger partial charge in [0.25, 0.3) is 5.91 Å². The molecular formula is C22H23N3O4S2. The van der Waals surface area contributed by atoms with Gasteiger partial charge in [-0.1, -0.05) is 18.2 Å². The Kier molecular flexibility index (Phi) is 6.26. The lowest BCUT2D eigenvalue weighted by molar-refractivity contribution is 0.102. The number of anilines is 2. The average Bonchev–Trinajstić information content (AvgIpc) is 3.31. The standard InChI is InChI=1S/C22H23N3O4S2/c1-29-19-9-7-18(8-10-19)24-12-14-25(15-13-24)31(27,28)20-11-16-30-21(20)22(26)23-17-5-3-2-4-6-17/h2-11,16H,12-15H2,1H3,(H,23,26). The summed E-state index contributed by atoms with van der Waals surface area (Å²) in [5.74, 6) is 0.361. The summed E-state index contributed by atoms with van der Waals surface area (Å²) in [6, 6.07) is 18.2. The predicted octanol–water partition coefficient (Wildman–Crippen LogP) is 3.52. The normalized spacial score (nSPS) is 14.9. The number of ether oxygens (including phenoxy) is 1. The molecule has 3 aromatic rings. The third kappa shape index (κ3) is 4.58. The van der Waals surface area contributed by atoms with Crippen LogP contribution in [0.4, 0.5) is 11.4 Å². The van der Waals surface area contributed by atoms with Crippen molar-refractivity contribution in [2.24, 2.45) is 0 Å². The first kappa shape index (κ1) is 21.4. The SMILES string of the molecule is COc1ccc(N2CCN(S(=O)(=O)c3ccsc3C(=O)Nc3ccccc3)CC2)cc1. The molecule has 0 bridgehead atoms. The van der Waals surface area contributed by atoms with Crippen LogP contribution in [0.2, 0.25) is 0 Å². The van der Waals surface area contributed by atoms with Crippen LogP contribution in [0.3, 0.4) is 0 Å². The highest BCUT2D eigenvalue weighted by Gasteiger charge is 2.32. The maximum Gasteiger partial charge on any atom is 0.267 e. The predicted molar refractivity (Wildman–Crippen MR) is 123 cm³/mol. The van der Waals surface area contributed by atoms with E-state index in [1.807, 2.05) is 42.5 Å². The first-order valence-electron chi connectivity index (χ1n) is 9.82. The molecule has 1 amide bonds. The molecule has 1 saturated heterocycles. The number of piperazine rings is 1. The fourth-order valence-corrected chi connectivity index (χ4v) is 6.21. The van der Waals surface area contributed by atoms with Crippen molar-refractivity contribution in [1.82, 2.24) is 4.31 Å². The van der Waals surface area contributed by atoms with Crippen LogP contribution in [0.25, 0.3) is 0 Å². The molecule has 2 heterocycles. The molecule has 0 spiro atoms. The van der Waals surface area contributed by atoms with Gasteiger partial charge in [-0.05, 0) is 47.8 Å². The molecule has 0 radical (unpaired) electrons. The Hall–Kier alpha value is -2.88. The van der Waals surface area contributed by atoms with Crippen molar-refractivity contribution >= 4 is 38.6 Å². The monoisotopic (exact) mass is 457 g/mol. The molecule has 9 heteroatoms. The van der Waals surface area contributed by atoms with Gasteiger partial charge >= 0.3 is 0 Å². The van der Waals surface area contributed by atoms with Gasteiger partial charge in [-0.2, -0.15) is 4.31 Å². The molecule has 0 aliphatic carbocycles. The highest BCUT2D eigenvalue weighted by molar-refractivity contribution is 7.89. The van der Waals surface area contributed by atoms with Crippen LogP contribution in [-0.4, -0.2) is 51.9 Å². The number of amides is 1. The molecule has 0 unspecified atom stereocenters. The molecule has 1 aliphatic rings. The lowest BCUT2D eigenvalue weighted by Crippen LogP contribution is -2.48. The Balaban J connectivity index is 1.46. The summed E-state index contributed by atoms with van der Waals surface area (Å²) in [7, 11) is -2.14. The number of hydrogen-bond donors (Lipinski definition) is 1. The topological polar surface area (TPSA) is 79.0 Å². The van der Waals surface area contributed by atoms with E-state index in [1.165, 1.54) is 10.4 Å². The van der Waals surface area contributed by atoms with E-state index >= 15 is 0 Å². The van der Waals surface area contributed by atoms with Gasteiger partial charge in [0.15, 0.2) is 0 Å². The maximum atomic E-state index is 13.3. The number of rotatable bonds is 6. The second kappa shape index (κ2) is 9.09. The molecule has 4 rings (SSSR count). The summed E-state index contributed by atoms with van der Waals surface area (Å²) in [5, 5.41) is 4.41. The Morgan fingerprint density at radius 3 is 2.29 bits per heavy atom. The molecule has 1 fully saturated rings. The van der Waals surface area contributed by atoms with E-state index in [4.69, 9.17) is 4.74 Å². The number of carbonyl (C=O) groups excluding carboxylic acids is 1. The summed E-state index contributed by atoms with van der Waals surface area (Å²) in [4.78, 5) is 15.1. The molecule has 2 aromatic carbocycles. The zero-order chi connectivity index (χ0) is 21.8. The fraction of sp³-hybridized carbons (Fsp3) is 0.227. The van der Waals surface area contributed by atoms with E-state index in [2.05, 4.69) is 10.2 Å². The molecule has 1 aromatic heterocycles. The number of methoxy groups -OCH3 is 1. The summed E-state index contributed by atoms with van der Waals surface area (Å²) >= 11 is 1.13. The van der Waals surface area contributed by atoms with Crippen LogP contribution >= 0.6 is 11.3 Å². The van der Waals surface area contributed by atoms with Crippen LogP contribution in [0, 0.1) is 0 Å². The van der Waals surface area contributed by atoms with E-state index in [0.717, 1.165) is 22.8 Å². The van der Waals surface area contributed by atoms with Crippen LogP contribution in [0.1, 0.15) is 9.67 Å². The second-order valence-corrected chi connectivity index (χ2v) is 9.85. The molecule has 1 N–H and O–H groups in total. The molecule has 162 valence electrons. The van der Waals surface area contributed by atoms with Gasteiger partial charge in [0.05, 0.1) is 7.11 Å². The third-order valence-corrected chi connectivity index (χ3v) is 8.14. The van der Waals surface area contributed by atoms with Crippen LogP contribution in [-0.2, 0) is 10.0 Å². The Morgan fingerprint density at radius 1 is 0.968 bits per heavy atom. The molecule has 0 saturated carbocycles. The van der Waals surface area contributed by atoms with Crippen molar-refractivity contribution in [3.05, 3.63) is 70.9 Å². The molecule has 1 aliphatic heterocycles. The minimum absolute atomic E-state index is 0.0591. The Morgan fingerprint density at radius 2 is 1.65 bits per heavy atom. The van der Waals surface area contributed by atoms with E-state index < -0.39 is 15.9 Å². The lowest BCUT2D eigenvalue weighted by Gasteiger charge is -2.35. The van der Waals surface area contributed by atoms with E-state index in [9.17, 15) is 13.2 Å².